The number of amides is 1. The first-order valence-electron chi connectivity index (χ1n) is 8.47. The fourth-order valence-electron chi connectivity index (χ4n) is 2.74. The number of hydrogen-bond donors (Lipinski definition) is 0. The summed E-state index contributed by atoms with van der Waals surface area (Å²) in [7, 11) is 0. The van der Waals surface area contributed by atoms with Crippen molar-refractivity contribution < 1.29 is 14.5 Å². The molecule has 0 spiro atoms. The Morgan fingerprint density at radius 1 is 0.963 bits per heavy atom. The normalized spacial score (nSPS) is 10.3. The Morgan fingerprint density at radius 2 is 1.52 bits per heavy atom. The number of ether oxygens (including phenoxy) is 1. The Labute approximate surface area is 156 Å². The van der Waals surface area contributed by atoms with Crippen molar-refractivity contribution in [3.63, 3.8) is 0 Å². The molecule has 0 aliphatic carbocycles. The van der Waals surface area contributed by atoms with Gasteiger partial charge in [-0.15, -0.1) is 0 Å². The summed E-state index contributed by atoms with van der Waals surface area (Å²) >= 11 is 0. The Bertz CT molecular complexity index is 903. The number of carbonyl (C=O) groups excluding carboxylic acids is 1. The number of anilines is 2. The molecule has 1 amide bonds. The molecule has 6 heteroatoms. The van der Waals surface area contributed by atoms with E-state index < -0.39 is 4.92 Å². The minimum Gasteiger partial charge on any atom is -0.487 e. The molecule has 0 saturated heterocycles. The number of nitro benzene ring substituents is 1. The molecular formula is C21H18N2O4. The van der Waals surface area contributed by atoms with Gasteiger partial charge in [-0.2, -0.15) is 0 Å². The van der Waals surface area contributed by atoms with Gasteiger partial charge in [0.25, 0.3) is 5.91 Å². The van der Waals surface area contributed by atoms with Crippen molar-refractivity contribution >= 4 is 23.0 Å². The second-order valence-electron chi connectivity index (χ2n) is 5.68. The highest BCUT2D eigenvalue weighted by atomic mass is 16.6. The number of carbonyl (C=O) groups is 1. The smallest absolute Gasteiger partial charge is 0.311 e. The van der Waals surface area contributed by atoms with Gasteiger partial charge in [-0.05, 0) is 43.3 Å². The molecule has 136 valence electrons. The van der Waals surface area contributed by atoms with Crippen LogP contribution in [0.1, 0.15) is 17.3 Å². The number of hydrogen-bond acceptors (Lipinski definition) is 4. The van der Waals surface area contributed by atoms with Crippen LogP contribution in [0, 0.1) is 10.1 Å². The van der Waals surface area contributed by atoms with Gasteiger partial charge in [0.1, 0.15) is 0 Å². The summed E-state index contributed by atoms with van der Waals surface area (Å²) in [5, 5.41) is 11.4. The largest absolute Gasteiger partial charge is 0.487 e. The number of benzene rings is 3. The van der Waals surface area contributed by atoms with Gasteiger partial charge in [0.2, 0.25) is 0 Å². The van der Waals surface area contributed by atoms with Crippen LogP contribution in [0.25, 0.3) is 0 Å². The summed E-state index contributed by atoms with van der Waals surface area (Å²) in [6, 6.07) is 22.6. The molecule has 0 saturated carbocycles. The Morgan fingerprint density at radius 3 is 2.00 bits per heavy atom. The van der Waals surface area contributed by atoms with Crippen molar-refractivity contribution in [2.24, 2.45) is 0 Å². The summed E-state index contributed by atoms with van der Waals surface area (Å²) in [6.07, 6.45) is 0. The maximum Gasteiger partial charge on any atom is 0.311 e. The summed E-state index contributed by atoms with van der Waals surface area (Å²) in [5.74, 6) is -0.219. The van der Waals surface area contributed by atoms with Gasteiger partial charge in [0, 0.05) is 23.0 Å². The first-order valence-corrected chi connectivity index (χ1v) is 8.47. The quantitative estimate of drug-likeness (QED) is 0.458. The zero-order valence-electron chi connectivity index (χ0n) is 14.7. The van der Waals surface area contributed by atoms with Gasteiger partial charge in [-0.1, -0.05) is 36.4 Å². The molecule has 0 aromatic heterocycles. The lowest BCUT2D eigenvalue weighted by Gasteiger charge is -2.23. The third-order valence-electron chi connectivity index (χ3n) is 3.93. The molecule has 0 N–H and O–H groups in total. The van der Waals surface area contributed by atoms with E-state index in [9.17, 15) is 14.9 Å². The third kappa shape index (κ3) is 3.95. The molecule has 0 aliphatic heterocycles. The summed E-state index contributed by atoms with van der Waals surface area (Å²) in [5.41, 5.74) is 1.32. The number of nitrogens with zero attached hydrogens (tertiary/aromatic N) is 2. The zero-order chi connectivity index (χ0) is 19.2. The van der Waals surface area contributed by atoms with Gasteiger partial charge < -0.3 is 4.74 Å². The fourth-order valence-corrected chi connectivity index (χ4v) is 2.74. The van der Waals surface area contributed by atoms with E-state index in [2.05, 4.69) is 0 Å². The van der Waals surface area contributed by atoms with Crippen molar-refractivity contribution in [1.82, 2.24) is 0 Å². The van der Waals surface area contributed by atoms with Crippen LogP contribution in [0.2, 0.25) is 0 Å². The molecule has 6 nitrogen and oxygen atoms in total. The van der Waals surface area contributed by atoms with E-state index in [1.54, 1.807) is 13.0 Å². The molecule has 0 bridgehead atoms. The summed E-state index contributed by atoms with van der Waals surface area (Å²) in [6.45, 7) is 2.05. The molecule has 3 aromatic rings. The van der Waals surface area contributed by atoms with Crippen LogP contribution in [0.4, 0.5) is 17.1 Å². The van der Waals surface area contributed by atoms with Gasteiger partial charge in [-0.25, -0.2) is 0 Å². The van der Waals surface area contributed by atoms with Gasteiger partial charge >= 0.3 is 5.69 Å². The second kappa shape index (κ2) is 8.14. The molecule has 0 fully saturated rings. The summed E-state index contributed by atoms with van der Waals surface area (Å²) in [4.78, 5) is 25.6. The Kier molecular flexibility index (Phi) is 5.47. The predicted molar refractivity (Wildman–Crippen MR) is 104 cm³/mol. The number of rotatable bonds is 6. The molecule has 0 aliphatic rings. The lowest BCUT2D eigenvalue weighted by atomic mass is 10.1. The van der Waals surface area contributed by atoms with Crippen LogP contribution in [0.3, 0.4) is 0 Å². The van der Waals surface area contributed by atoms with Crippen molar-refractivity contribution in [2.75, 3.05) is 11.5 Å². The molecule has 0 heterocycles. The molecule has 3 rings (SSSR count). The lowest BCUT2D eigenvalue weighted by Crippen LogP contribution is -2.26. The molecule has 3 aromatic carbocycles. The van der Waals surface area contributed by atoms with E-state index in [0.717, 1.165) is 0 Å². The molecular weight excluding hydrogens is 344 g/mol. The first kappa shape index (κ1) is 18.1. The van der Waals surface area contributed by atoms with E-state index >= 15 is 0 Å². The van der Waals surface area contributed by atoms with Gasteiger partial charge in [-0.3, -0.25) is 19.8 Å². The minimum absolute atomic E-state index is 0.144. The zero-order valence-corrected chi connectivity index (χ0v) is 14.7. The van der Waals surface area contributed by atoms with E-state index in [0.29, 0.717) is 18.0 Å². The van der Waals surface area contributed by atoms with Crippen molar-refractivity contribution in [3.05, 3.63) is 94.5 Å². The minimum atomic E-state index is -0.544. The van der Waals surface area contributed by atoms with Crippen LogP contribution >= 0.6 is 0 Å². The van der Waals surface area contributed by atoms with Crippen molar-refractivity contribution in [2.45, 2.75) is 6.92 Å². The van der Waals surface area contributed by atoms with E-state index in [1.165, 1.54) is 17.0 Å². The van der Waals surface area contributed by atoms with Crippen LogP contribution in [-0.2, 0) is 0 Å². The SMILES string of the molecule is CCOc1ccc(C(=O)N(c2ccccc2)c2ccccc2)cc1[N+](=O)[O-]. The third-order valence-corrected chi connectivity index (χ3v) is 3.93. The topological polar surface area (TPSA) is 72.7 Å². The molecule has 0 radical (unpaired) electrons. The van der Waals surface area contributed by atoms with Gasteiger partial charge in [0.05, 0.1) is 11.5 Å². The molecule has 0 atom stereocenters. The van der Waals surface area contributed by atoms with E-state index in [4.69, 9.17) is 4.74 Å². The number of para-hydroxylation sites is 2. The summed E-state index contributed by atoms with van der Waals surface area (Å²) < 4.78 is 5.30. The fraction of sp³-hybridized carbons (Fsp3) is 0.0952. The maximum absolute atomic E-state index is 13.3. The first-order chi connectivity index (χ1) is 13.1. The molecule has 27 heavy (non-hydrogen) atoms. The standard InChI is InChI=1S/C21H18N2O4/c1-2-27-20-14-13-16(15-19(20)23(25)26)21(24)22(17-9-5-3-6-10-17)18-11-7-4-8-12-18/h3-15H,2H2,1H3. The number of nitro groups is 1. The maximum atomic E-state index is 13.3. The Hall–Kier alpha value is -3.67. The van der Waals surface area contributed by atoms with E-state index in [-0.39, 0.29) is 22.9 Å². The van der Waals surface area contributed by atoms with Crippen LogP contribution in [-0.4, -0.2) is 17.4 Å². The predicted octanol–water partition coefficient (Wildman–Crippen LogP) is 4.97. The monoisotopic (exact) mass is 362 g/mol. The average molecular weight is 362 g/mol. The lowest BCUT2D eigenvalue weighted by molar-refractivity contribution is -0.385. The van der Waals surface area contributed by atoms with Crippen LogP contribution in [0.5, 0.6) is 5.75 Å². The highest BCUT2D eigenvalue weighted by molar-refractivity contribution is 6.11. The van der Waals surface area contributed by atoms with E-state index in [1.807, 2.05) is 60.7 Å². The average Bonchev–Trinajstić information content (AvgIpc) is 2.70. The Balaban J connectivity index is 2.07. The van der Waals surface area contributed by atoms with Crippen LogP contribution in [0.15, 0.2) is 78.9 Å². The van der Waals surface area contributed by atoms with Crippen molar-refractivity contribution in [3.8, 4) is 5.75 Å². The highest BCUT2D eigenvalue weighted by Gasteiger charge is 2.24. The van der Waals surface area contributed by atoms with Crippen LogP contribution < -0.4 is 9.64 Å². The highest BCUT2D eigenvalue weighted by Crippen LogP contribution is 2.31. The molecule has 0 unspecified atom stereocenters. The second-order valence-corrected chi connectivity index (χ2v) is 5.68. The van der Waals surface area contributed by atoms with Gasteiger partial charge in [0.15, 0.2) is 5.75 Å². The van der Waals surface area contributed by atoms with Crippen molar-refractivity contribution in [1.29, 1.82) is 0 Å².